The van der Waals surface area contributed by atoms with E-state index in [4.69, 9.17) is 0 Å². The Morgan fingerprint density at radius 3 is 2.85 bits per heavy atom. The molecule has 1 fully saturated rings. The van der Waals surface area contributed by atoms with Gasteiger partial charge in [-0.25, -0.2) is 0 Å². The van der Waals surface area contributed by atoms with Crippen LogP contribution in [0.1, 0.15) is 36.1 Å². The number of carbonyl (C=O) groups is 1. The van der Waals surface area contributed by atoms with Crippen LogP contribution in [-0.2, 0) is 17.6 Å². The molecule has 1 aliphatic heterocycles. The van der Waals surface area contributed by atoms with Crippen molar-refractivity contribution in [3.8, 4) is 0 Å². The zero-order valence-electron chi connectivity index (χ0n) is 15.1. The summed E-state index contributed by atoms with van der Waals surface area (Å²) in [6, 6.07) is 14.3. The molecular weight excluding hydrogens is 342 g/mol. The molecule has 2 heterocycles. The molecule has 0 spiro atoms. The normalized spacial score (nSPS) is 19.2. The standard InChI is InChI=1S/C22H27NO2S/c24-20(17-18-7-2-1-3-8-18)14-13-19-9-4-12-22(25)23(19)15-5-10-21-11-6-16-26-21/h1-3,6-8,11,13-14,16,19-20,24H,4-5,9-10,12,15,17H2/b14-13+/t19-,20-/m1/s1. The van der Waals surface area contributed by atoms with Crippen molar-refractivity contribution in [3.63, 3.8) is 0 Å². The van der Waals surface area contributed by atoms with E-state index in [1.165, 1.54) is 4.88 Å². The highest BCUT2D eigenvalue weighted by molar-refractivity contribution is 7.09. The first kappa shape index (κ1) is 18.9. The van der Waals surface area contributed by atoms with Crippen LogP contribution in [0.25, 0.3) is 0 Å². The largest absolute Gasteiger partial charge is 0.389 e. The van der Waals surface area contributed by atoms with Gasteiger partial charge in [0, 0.05) is 24.3 Å². The molecule has 3 rings (SSSR count). The van der Waals surface area contributed by atoms with Crippen LogP contribution < -0.4 is 0 Å². The number of hydrogen-bond donors (Lipinski definition) is 1. The van der Waals surface area contributed by atoms with Gasteiger partial charge in [-0.15, -0.1) is 11.3 Å². The van der Waals surface area contributed by atoms with Crippen LogP contribution in [0.3, 0.4) is 0 Å². The van der Waals surface area contributed by atoms with Crippen LogP contribution in [0.5, 0.6) is 0 Å². The fraction of sp³-hybridized carbons (Fsp3) is 0.409. The maximum atomic E-state index is 12.4. The predicted molar refractivity (Wildman–Crippen MR) is 107 cm³/mol. The third-order valence-electron chi connectivity index (χ3n) is 4.86. The first-order valence-corrected chi connectivity index (χ1v) is 10.3. The van der Waals surface area contributed by atoms with E-state index in [9.17, 15) is 9.90 Å². The third kappa shape index (κ3) is 5.55. The van der Waals surface area contributed by atoms with E-state index in [-0.39, 0.29) is 11.9 Å². The van der Waals surface area contributed by atoms with Gasteiger partial charge < -0.3 is 10.0 Å². The van der Waals surface area contributed by atoms with Gasteiger partial charge >= 0.3 is 0 Å². The van der Waals surface area contributed by atoms with Gasteiger partial charge in [0.25, 0.3) is 0 Å². The molecule has 0 aliphatic carbocycles. The van der Waals surface area contributed by atoms with Crippen LogP contribution >= 0.6 is 11.3 Å². The second kappa shape index (κ2) is 9.70. The Bertz CT molecular complexity index is 696. The zero-order valence-corrected chi connectivity index (χ0v) is 15.9. The van der Waals surface area contributed by atoms with Gasteiger partial charge in [0.2, 0.25) is 5.91 Å². The molecule has 2 atom stereocenters. The van der Waals surface area contributed by atoms with Crippen molar-refractivity contribution in [2.45, 2.75) is 50.7 Å². The van der Waals surface area contributed by atoms with E-state index in [1.54, 1.807) is 11.3 Å². The summed E-state index contributed by atoms with van der Waals surface area (Å²) in [6.45, 7) is 0.792. The predicted octanol–water partition coefficient (Wildman–Crippen LogP) is 4.22. The quantitative estimate of drug-likeness (QED) is 0.708. The molecule has 26 heavy (non-hydrogen) atoms. The molecule has 1 aromatic heterocycles. The summed E-state index contributed by atoms with van der Waals surface area (Å²) in [5.74, 6) is 0.245. The van der Waals surface area contributed by atoms with E-state index >= 15 is 0 Å². The Hall–Kier alpha value is -1.91. The van der Waals surface area contributed by atoms with Gasteiger partial charge in [0.15, 0.2) is 0 Å². The molecule has 0 bridgehead atoms. The number of amides is 1. The molecule has 0 saturated carbocycles. The lowest BCUT2D eigenvalue weighted by Crippen LogP contribution is -2.43. The van der Waals surface area contributed by atoms with Crippen molar-refractivity contribution in [1.82, 2.24) is 4.90 Å². The summed E-state index contributed by atoms with van der Waals surface area (Å²) in [5, 5.41) is 12.4. The van der Waals surface area contributed by atoms with Gasteiger partial charge in [-0.2, -0.15) is 0 Å². The topological polar surface area (TPSA) is 40.5 Å². The van der Waals surface area contributed by atoms with E-state index in [1.807, 2.05) is 47.4 Å². The van der Waals surface area contributed by atoms with Crippen molar-refractivity contribution < 1.29 is 9.90 Å². The highest BCUT2D eigenvalue weighted by Gasteiger charge is 2.25. The van der Waals surface area contributed by atoms with Crippen LogP contribution in [0.4, 0.5) is 0 Å². The minimum atomic E-state index is -0.512. The maximum Gasteiger partial charge on any atom is 0.223 e. The highest BCUT2D eigenvalue weighted by atomic mass is 32.1. The minimum absolute atomic E-state index is 0.116. The van der Waals surface area contributed by atoms with Crippen molar-refractivity contribution in [3.05, 3.63) is 70.4 Å². The number of thiophene rings is 1. The number of nitrogens with zero attached hydrogens (tertiary/aromatic N) is 1. The molecule has 0 unspecified atom stereocenters. The van der Waals surface area contributed by atoms with Crippen LogP contribution in [0, 0.1) is 0 Å². The Labute approximate surface area is 160 Å². The molecule has 2 aromatic rings. The Morgan fingerprint density at radius 2 is 2.08 bits per heavy atom. The monoisotopic (exact) mass is 369 g/mol. The first-order valence-electron chi connectivity index (χ1n) is 9.44. The van der Waals surface area contributed by atoms with Gasteiger partial charge in [-0.3, -0.25) is 4.79 Å². The Morgan fingerprint density at radius 1 is 1.23 bits per heavy atom. The first-order chi connectivity index (χ1) is 12.7. The van der Waals surface area contributed by atoms with E-state index in [2.05, 4.69) is 17.5 Å². The van der Waals surface area contributed by atoms with Gasteiger partial charge in [0.1, 0.15) is 0 Å². The lowest BCUT2D eigenvalue weighted by atomic mass is 9.99. The van der Waals surface area contributed by atoms with Crippen LogP contribution in [0.15, 0.2) is 60.0 Å². The molecular formula is C22H27NO2S. The second-order valence-electron chi connectivity index (χ2n) is 6.87. The fourth-order valence-corrected chi connectivity index (χ4v) is 4.25. The molecule has 1 amide bonds. The van der Waals surface area contributed by atoms with Crippen molar-refractivity contribution >= 4 is 17.2 Å². The van der Waals surface area contributed by atoms with E-state index in [0.717, 1.165) is 37.8 Å². The summed E-state index contributed by atoms with van der Waals surface area (Å²) in [5.41, 5.74) is 1.12. The number of carbonyl (C=O) groups excluding carboxylic acids is 1. The van der Waals surface area contributed by atoms with Gasteiger partial charge in [-0.05, 0) is 42.7 Å². The number of rotatable bonds is 8. The molecule has 4 heteroatoms. The Kier molecular flexibility index (Phi) is 7.04. The summed E-state index contributed by atoms with van der Waals surface area (Å²) < 4.78 is 0. The average molecular weight is 370 g/mol. The lowest BCUT2D eigenvalue weighted by molar-refractivity contribution is -0.135. The summed E-state index contributed by atoms with van der Waals surface area (Å²) in [4.78, 5) is 15.7. The zero-order chi connectivity index (χ0) is 18.2. The molecule has 1 aliphatic rings. The van der Waals surface area contributed by atoms with Crippen molar-refractivity contribution in [1.29, 1.82) is 0 Å². The Balaban J connectivity index is 1.53. The molecule has 138 valence electrons. The average Bonchev–Trinajstić information content (AvgIpc) is 3.16. The lowest BCUT2D eigenvalue weighted by Gasteiger charge is -2.34. The number of likely N-dealkylation sites (tertiary alicyclic amines) is 1. The molecule has 0 radical (unpaired) electrons. The maximum absolute atomic E-state index is 12.4. The molecule has 3 nitrogen and oxygen atoms in total. The highest BCUT2D eigenvalue weighted by Crippen LogP contribution is 2.21. The van der Waals surface area contributed by atoms with Crippen molar-refractivity contribution in [2.75, 3.05) is 6.54 Å². The molecule has 1 N–H and O–H groups in total. The third-order valence-corrected chi connectivity index (χ3v) is 5.79. The number of piperidine rings is 1. The molecule has 1 aromatic carbocycles. The van der Waals surface area contributed by atoms with E-state index < -0.39 is 6.10 Å². The van der Waals surface area contributed by atoms with Gasteiger partial charge in [-0.1, -0.05) is 48.6 Å². The fourth-order valence-electron chi connectivity index (χ4n) is 3.50. The van der Waals surface area contributed by atoms with Gasteiger partial charge in [0.05, 0.1) is 12.1 Å². The number of aliphatic hydroxyl groups excluding tert-OH is 1. The van der Waals surface area contributed by atoms with Crippen molar-refractivity contribution in [2.24, 2.45) is 0 Å². The number of aliphatic hydroxyl groups is 1. The second-order valence-corrected chi connectivity index (χ2v) is 7.90. The smallest absolute Gasteiger partial charge is 0.223 e. The summed E-state index contributed by atoms with van der Waals surface area (Å²) in [7, 11) is 0. The number of aryl methyl sites for hydroxylation is 1. The number of hydrogen-bond acceptors (Lipinski definition) is 3. The molecule has 1 saturated heterocycles. The van der Waals surface area contributed by atoms with Crippen LogP contribution in [-0.4, -0.2) is 34.6 Å². The summed E-state index contributed by atoms with van der Waals surface area (Å²) >= 11 is 1.78. The summed E-state index contributed by atoms with van der Waals surface area (Å²) in [6.07, 6.45) is 8.58. The van der Waals surface area contributed by atoms with E-state index in [0.29, 0.717) is 12.8 Å². The van der Waals surface area contributed by atoms with Crippen LogP contribution in [0.2, 0.25) is 0 Å². The SMILES string of the molecule is O=C1CCC[C@H](/C=C/[C@@H](O)Cc2ccccc2)N1CCCc1cccs1. The number of benzene rings is 1. The minimum Gasteiger partial charge on any atom is -0.389 e.